The van der Waals surface area contributed by atoms with Crippen molar-refractivity contribution in [2.45, 2.75) is 18.6 Å². The maximum atomic E-state index is 13.1. The highest BCUT2D eigenvalue weighted by atomic mass is 35.5. The van der Waals surface area contributed by atoms with Gasteiger partial charge in [0, 0.05) is 5.56 Å². The number of halogens is 7. The quantitative estimate of drug-likeness (QED) is 0.824. The molecule has 17 heavy (non-hydrogen) atoms. The Morgan fingerprint density at radius 2 is 1.65 bits per heavy atom. The Kier molecular flexibility index (Phi) is 5.28. The summed E-state index contributed by atoms with van der Waals surface area (Å²) in [5.41, 5.74) is 2.17. The second kappa shape index (κ2) is 5.59. The van der Waals surface area contributed by atoms with Gasteiger partial charge in [-0.15, -0.1) is 12.4 Å². The van der Waals surface area contributed by atoms with Gasteiger partial charge in [-0.3, -0.25) is 0 Å². The van der Waals surface area contributed by atoms with Crippen LogP contribution in [0.15, 0.2) is 18.2 Å². The van der Waals surface area contributed by atoms with Crippen LogP contribution in [0.3, 0.4) is 0 Å². The fourth-order valence-electron chi connectivity index (χ4n) is 1.25. The zero-order valence-electron chi connectivity index (χ0n) is 8.14. The van der Waals surface area contributed by atoms with Gasteiger partial charge in [0.15, 0.2) is 0 Å². The van der Waals surface area contributed by atoms with E-state index in [4.69, 9.17) is 5.73 Å². The Morgan fingerprint density at radius 1 is 1.12 bits per heavy atom. The fraction of sp³-hybridized carbons (Fsp3) is 0.333. The van der Waals surface area contributed by atoms with Gasteiger partial charge in [0.05, 0.1) is 11.6 Å². The van der Waals surface area contributed by atoms with Crippen LogP contribution in [0.2, 0.25) is 0 Å². The minimum Gasteiger partial charge on any atom is -0.319 e. The van der Waals surface area contributed by atoms with Crippen LogP contribution in [0.1, 0.15) is 17.2 Å². The van der Waals surface area contributed by atoms with Gasteiger partial charge in [-0.25, -0.2) is 13.2 Å². The Morgan fingerprint density at radius 3 is 2.06 bits per heavy atom. The molecule has 0 saturated heterocycles. The molecule has 0 saturated carbocycles. The first-order valence-corrected chi connectivity index (χ1v) is 4.14. The highest BCUT2D eigenvalue weighted by molar-refractivity contribution is 5.85. The molecule has 8 heteroatoms. The van der Waals surface area contributed by atoms with Crippen LogP contribution in [-0.2, 0) is 6.18 Å². The molecule has 1 rings (SSSR count). The molecule has 0 amide bonds. The molecule has 0 aliphatic carbocycles. The lowest BCUT2D eigenvalue weighted by Crippen LogP contribution is -2.24. The lowest BCUT2D eigenvalue weighted by atomic mass is 10.00. The van der Waals surface area contributed by atoms with Crippen LogP contribution in [0.5, 0.6) is 0 Å². The van der Waals surface area contributed by atoms with Crippen molar-refractivity contribution < 1.29 is 26.3 Å². The third-order valence-electron chi connectivity index (χ3n) is 1.96. The van der Waals surface area contributed by atoms with Gasteiger partial charge in [0.1, 0.15) is 5.82 Å². The van der Waals surface area contributed by atoms with Crippen molar-refractivity contribution in [1.82, 2.24) is 0 Å². The molecule has 0 aliphatic heterocycles. The highest BCUT2D eigenvalue weighted by Gasteiger charge is 2.37. The normalized spacial score (nSPS) is 13.4. The van der Waals surface area contributed by atoms with Crippen LogP contribution in [0.4, 0.5) is 26.3 Å². The lowest BCUT2D eigenvalue weighted by Gasteiger charge is -2.18. The highest BCUT2D eigenvalue weighted by Crippen LogP contribution is 2.36. The van der Waals surface area contributed by atoms with E-state index in [1.807, 2.05) is 0 Å². The summed E-state index contributed by atoms with van der Waals surface area (Å²) >= 11 is 0. The zero-order valence-corrected chi connectivity index (χ0v) is 8.96. The van der Waals surface area contributed by atoms with Crippen LogP contribution in [0.25, 0.3) is 0 Å². The van der Waals surface area contributed by atoms with E-state index in [-0.39, 0.29) is 12.4 Å². The Balaban J connectivity index is 0.00000256. The molecule has 0 bridgehead atoms. The maximum Gasteiger partial charge on any atom is 0.416 e. The minimum atomic E-state index is -4.91. The lowest BCUT2D eigenvalue weighted by molar-refractivity contribution is -0.138. The van der Waals surface area contributed by atoms with E-state index in [1.54, 1.807) is 0 Å². The third-order valence-corrected chi connectivity index (χ3v) is 1.96. The van der Waals surface area contributed by atoms with E-state index < -0.39 is 35.6 Å². The molecule has 1 atom stereocenters. The smallest absolute Gasteiger partial charge is 0.319 e. The fourth-order valence-corrected chi connectivity index (χ4v) is 1.25. The van der Waals surface area contributed by atoms with Gasteiger partial charge < -0.3 is 5.73 Å². The molecule has 98 valence electrons. The van der Waals surface area contributed by atoms with Crippen molar-refractivity contribution in [3.63, 3.8) is 0 Å². The molecule has 0 radical (unpaired) electrons. The molecule has 0 aromatic heterocycles. The Bertz CT molecular complexity index is 378. The van der Waals surface area contributed by atoms with Gasteiger partial charge >= 0.3 is 6.18 Å². The first-order chi connectivity index (χ1) is 7.25. The van der Waals surface area contributed by atoms with Gasteiger partial charge in [0.2, 0.25) is 0 Å². The molecule has 1 aromatic carbocycles. The maximum absolute atomic E-state index is 13.1. The van der Waals surface area contributed by atoms with E-state index in [0.29, 0.717) is 12.1 Å². The molecule has 1 nitrogen and oxygen atoms in total. The largest absolute Gasteiger partial charge is 0.416 e. The number of nitrogens with two attached hydrogens (primary N) is 1. The topological polar surface area (TPSA) is 26.0 Å². The van der Waals surface area contributed by atoms with Crippen molar-refractivity contribution in [1.29, 1.82) is 0 Å². The number of benzene rings is 1. The monoisotopic (exact) mass is 279 g/mol. The second-order valence-corrected chi connectivity index (χ2v) is 3.06. The van der Waals surface area contributed by atoms with E-state index in [2.05, 4.69) is 0 Å². The Labute approximate surface area is 99.0 Å². The summed E-state index contributed by atoms with van der Waals surface area (Å²) in [5, 5.41) is 0. The van der Waals surface area contributed by atoms with Crippen LogP contribution in [-0.4, -0.2) is 6.43 Å². The standard InChI is InChI=1S/C9H7F6N.ClH/c10-5-3-1-2-4(9(13,14)15)6(5)7(16)8(11)12;/h1-3,7-8H,16H2;1H/t7-;/m0./s1. The summed E-state index contributed by atoms with van der Waals surface area (Å²) in [4.78, 5) is 0. The molecule has 1 aromatic rings. The summed E-state index contributed by atoms with van der Waals surface area (Å²) in [6.45, 7) is 0. The van der Waals surface area contributed by atoms with Crippen LogP contribution in [0, 0.1) is 5.82 Å². The van der Waals surface area contributed by atoms with E-state index in [0.717, 1.165) is 6.07 Å². The Hall–Kier alpha value is -0.950. The van der Waals surface area contributed by atoms with Gasteiger partial charge in [0.25, 0.3) is 6.43 Å². The van der Waals surface area contributed by atoms with E-state index >= 15 is 0 Å². The van der Waals surface area contributed by atoms with Crippen molar-refractivity contribution in [2.75, 3.05) is 0 Å². The molecule has 0 fully saturated rings. The average Bonchev–Trinajstić information content (AvgIpc) is 2.14. The van der Waals surface area contributed by atoms with Gasteiger partial charge in [-0.2, -0.15) is 13.2 Å². The average molecular weight is 280 g/mol. The van der Waals surface area contributed by atoms with E-state index in [1.165, 1.54) is 0 Å². The minimum absolute atomic E-state index is 0. The van der Waals surface area contributed by atoms with Crippen LogP contribution < -0.4 is 5.73 Å². The summed E-state index contributed by atoms with van der Waals surface area (Å²) in [6.07, 6.45) is -8.18. The molecular weight excluding hydrogens is 272 g/mol. The number of rotatable bonds is 2. The third kappa shape index (κ3) is 3.50. The molecular formula is C9H8ClF6N. The first kappa shape index (κ1) is 16.1. The number of alkyl halides is 5. The molecule has 0 aliphatic rings. The van der Waals surface area contributed by atoms with Crippen molar-refractivity contribution in [3.05, 3.63) is 35.1 Å². The van der Waals surface area contributed by atoms with Crippen molar-refractivity contribution >= 4 is 12.4 Å². The summed E-state index contributed by atoms with van der Waals surface area (Å²) < 4.78 is 74.6. The second-order valence-electron chi connectivity index (χ2n) is 3.06. The zero-order chi connectivity index (χ0) is 12.5. The summed E-state index contributed by atoms with van der Waals surface area (Å²) in [5.74, 6) is -1.39. The van der Waals surface area contributed by atoms with Gasteiger partial charge in [-0.05, 0) is 12.1 Å². The number of hydrogen-bond acceptors (Lipinski definition) is 1. The predicted molar refractivity (Wildman–Crippen MR) is 51.6 cm³/mol. The van der Waals surface area contributed by atoms with Crippen LogP contribution >= 0.6 is 12.4 Å². The molecule has 0 heterocycles. The number of hydrogen-bond donors (Lipinski definition) is 1. The molecule has 2 N–H and O–H groups in total. The van der Waals surface area contributed by atoms with Crippen molar-refractivity contribution in [3.8, 4) is 0 Å². The summed E-state index contributed by atoms with van der Waals surface area (Å²) in [7, 11) is 0. The summed E-state index contributed by atoms with van der Waals surface area (Å²) in [6, 6.07) is -0.328. The van der Waals surface area contributed by atoms with Gasteiger partial charge in [-0.1, -0.05) is 6.07 Å². The predicted octanol–water partition coefficient (Wildman–Crippen LogP) is 3.53. The van der Waals surface area contributed by atoms with E-state index in [9.17, 15) is 26.3 Å². The molecule has 0 spiro atoms. The first-order valence-electron chi connectivity index (χ1n) is 4.14. The van der Waals surface area contributed by atoms with Crippen molar-refractivity contribution in [2.24, 2.45) is 5.73 Å². The molecule has 0 unspecified atom stereocenters. The SMILES string of the molecule is Cl.N[C@@H](c1c(F)cccc1C(F)(F)F)C(F)F.